The zero-order valence-corrected chi connectivity index (χ0v) is 23.2. The van der Waals surface area contributed by atoms with Crippen molar-refractivity contribution in [2.75, 3.05) is 0 Å². The van der Waals surface area contributed by atoms with Gasteiger partial charge in [0.2, 0.25) is 0 Å². The molecule has 0 saturated carbocycles. The fraction of sp³-hybridized carbons (Fsp3) is 0. The number of thiophene rings is 2. The van der Waals surface area contributed by atoms with Crippen molar-refractivity contribution >= 4 is 84.6 Å². The van der Waals surface area contributed by atoms with E-state index in [0.29, 0.717) is 0 Å². The number of fused-ring (bicyclic) bond motifs is 8. The smallest absolute Gasteiger partial charge is 0.0542 e. The lowest BCUT2D eigenvalue weighted by Crippen LogP contribution is -1.91. The lowest BCUT2D eigenvalue weighted by molar-refractivity contribution is 1.69. The summed E-state index contributed by atoms with van der Waals surface area (Å²) < 4.78 is 5.55. The largest absolute Gasteiger partial charge is 0.134 e. The number of benzene rings is 7. The molecule has 0 amide bonds. The van der Waals surface area contributed by atoms with Gasteiger partial charge >= 0.3 is 0 Å². The molecule has 0 unspecified atom stereocenters. The van der Waals surface area contributed by atoms with Crippen LogP contribution in [0.5, 0.6) is 0 Å². The number of hydrogen-bond donors (Lipinski definition) is 0. The quantitative estimate of drug-likeness (QED) is 0.191. The van der Waals surface area contributed by atoms with E-state index < -0.39 is 0 Å². The highest BCUT2D eigenvalue weighted by Gasteiger charge is 2.19. The molecule has 186 valence electrons. The molecule has 2 heterocycles. The van der Waals surface area contributed by atoms with Gasteiger partial charge in [-0.2, -0.15) is 0 Å². The van der Waals surface area contributed by atoms with Gasteiger partial charge in [0.15, 0.2) is 0 Å². The van der Waals surface area contributed by atoms with E-state index >= 15 is 0 Å². The Morgan fingerprint density at radius 2 is 0.875 bits per heavy atom. The van der Waals surface area contributed by atoms with E-state index in [9.17, 15) is 0 Å². The first kappa shape index (κ1) is 22.3. The summed E-state index contributed by atoms with van der Waals surface area (Å²) in [4.78, 5) is 0. The first-order valence-electron chi connectivity index (χ1n) is 13.6. The Morgan fingerprint density at radius 3 is 1.60 bits per heavy atom. The van der Waals surface area contributed by atoms with Crippen molar-refractivity contribution in [1.82, 2.24) is 0 Å². The van der Waals surface area contributed by atoms with Gasteiger partial charge in [-0.3, -0.25) is 0 Å². The first-order chi connectivity index (χ1) is 19.8. The van der Waals surface area contributed by atoms with Crippen molar-refractivity contribution in [3.8, 4) is 22.3 Å². The lowest BCUT2D eigenvalue weighted by Gasteiger charge is -2.18. The normalized spacial score (nSPS) is 12.0. The molecule has 0 saturated heterocycles. The second-order valence-corrected chi connectivity index (χ2v) is 12.5. The van der Waals surface area contributed by atoms with E-state index in [1.54, 1.807) is 0 Å². The van der Waals surface area contributed by atoms with Crippen LogP contribution >= 0.6 is 22.7 Å². The summed E-state index contributed by atoms with van der Waals surface area (Å²) in [7, 11) is 0. The minimum Gasteiger partial charge on any atom is -0.134 e. The molecule has 7 aromatic carbocycles. The van der Waals surface area contributed by atoms with Gasteiger partial charge in [-0.25, -0.2) is 0 Å². The molecule has 0 fully saturated rings. The summed E-state index contributed by atoms with van der Waals surface area (Å²) in [5.41, 5.74) is 5.20. The summed E-state index contributed by atoms with van der Waals surface area (Å²) in [6, 6.07) is 49.2. The molecule has 0 N–H and O–H groups in total. The topological polar surface area (TPSA) is 0 Å². The van der Waals surface area contributed by atoms with Crippen LogP contribution in [0.3, 0.4) is 0 Å². The molecule has 9 aromatic rings. The SMILES string of the molecule is c1ccc2c(-c3c4ccccc4c(-c4ccc5c(c4)sc4c6ccccc6sc54)c4ccccc34)cccc2c1. The molecule has 0 atom stereocenters. The highest BCUT2D eigenvalue weighted by Crippen LogP contribution is 2.48. The van der Waals surface area contributed by atoms with Crippen LogP contribution in [0.25, 0.3) is 84.1 Å². The monoisotopic (exact) mass is 542 g/mol. The summed E-state index contributed by atoms with van der Waals surface area (Å²) >= 11 is 3.84. The highest BCUT2D eigenvalue weighted by atomic mass is 32.1. The van der Waals surface area contributed by atoms with E-state index in [0.717, 1.165) is 0 Å². The number of rotatable bonds is 2. The lowest BCUT2D eigenvalue weighted by atomic mass is 9.84. The highest BCUT2D eigenvalue weighted by molar-refractivity contribution is 7.36. The third-order valence-corrected chi connectivity index (χ3v) is 10.8. The maximum atomic E-state index is 2.42. The predicted molar refractivity (Wildman–Crippen MR) is 178 cm³/mol. The molecule has 0 aliphatic heterocycles. The Bertz CT molecular complexity index is 2370. The zero-order chi connectivity index (χ0) is 26.2. The van der Waals surface area contributed by atoms with Crippen LogP contribution in [0.15, 0.2) is 133 Å². The van der Waals surface area contributed by atoms with E-state index in [1.165, 1.54) is 84.1 Å². The van der Waals surface area contributed by atoms with E-state index in [1.807, 2.05) is 22.7 Å². The molecule has 0 nitrogen and oxygen atoms in total. The van der Waals surface area contributed by atoms with Crippen molar-refractivity contribution in [2.45, 2.75) is 0 Å². The van der Waals surface area contributed by atoms with E-state index in [2.05, 4.69) is 133 Å². The summed E-state index contributed by atoms with van der Waals surface area (Å²) in [5, 5.41) is 10.5. The Hall–Kier alpha value is -4.50. The molecule has 40 heavy (non-hydrogen) atoms. The van der Waals surface area contributed by atoms with Gasteiger partial charge in [-0.1, -0.05) is 121 Å². The Morgan fingerprint density at radius 1 is 0.350 bits per heavy atom. The third kappa shape index (κ3) is 3.12. The van der Waals surface area contributed by atoms with Crippen molar-refractivity contribution in [3.63, 3.8) is 0 Å². The molecular formula is C38H22S2. The maximum absolute atomic E-state index is 2.42. The molecule has 9 rings (SSSR count). The molecule has 0 bridgehead atoms. The average Bonchev–Trinajstić information content (AvgIpc) is 3.55. The third-order valence-electron chi connectivity index (χ3n) is 8.27. The van der Waals surface area contributed by atoms with Crippen LogP contribution < -0.4 is 0 Å². The first-order valence-corrected chi connectivity index (χ1v) is 15.2. The van der Waals surface area contributed by atoms with Gasteiger partial charge < -0.3 is 0 Å². The molecule has 0 radical (unpaired) electrons. The van der Waals surface area contributed by atoms with E-state index in [4.69, 9.17) is 0 Å². The predicted octanol–water partition coefficient (Wildman–Crippen LogP) is 12.1. The van der Waals surface area contributed by atoms with Crippen LogP contribution in [0.2, 0.25) is 0 Å². The molecular weight excluding hydrogens is 521 g/mol. The minimum atomic E-state index is 1.27. The average molecular weight is 543 g/mol. The minimum absolute atomic E-state index is 1.27. The Balaban J connectivity index is 1.38. The van der Waals surface area contributed by atoms with Crippen LogP contribution in [-0.4, -0.2) is 0 Å². The molecule has 2 heteroatoms. The zero-order valence-electron chi connectivity index (χ0n) is 21.5. The second-order valence-electron chi connectivity index (χ2n) is 10.4. The molecule has 0 spiro atoms. The van der Waals surface area contributed by atoms with Gasteiger partial charge in [0.25, 0.3) is 0 Å². The fourth-order valence-corrected chi connectivity index (χ4v) is 9.23. The molecule has 0 aliphatic rings. The Labute approximate surface area is 239 Å². The van der Waals surface area contributed by atoms with Crippen LogP contribution in [0.4, 0.5) is 0 Å². The Kier molecular flexibility index (Phi) is 4.74. The van der Waals surface area contributed by atoms with Crippen molar-refractivity contribution in [3.05, 3.63) is 133 Å². The van der Waals surface area contributed by atoms with Gasteiger partial charge in [-0.15, -0.1) is 22.7 Å². The van der Waals surface area contributed by atoms with Crippen molar-refractivity contribution < 1.29 is 0 Å². The number of hydrogen-bond acceptors (Lipinski definition) is 2. The molecule has 2 aromatic heterocycles. The summed E-state index contributed by atoms with van der Waals surface area (Å²) in [6.45, 7) is 0. The summed E-state index contributed by atoms with van der Waals surface area (Å²) in [6.07, 6.45) is 0. The fourth-order valence-electron chi connectivity index (χ4n) is 6.53. The van der Waals surface area contributed by atoms with Gasteiger partial charge in [-0.05, 0) is 66.7 Å². The van der Waals surface area contributed by atoms with Crippen molar-refractivity contribution in [2.24, 2.45) is 0 Å². The van der Waals surface area contributed by atoms with Crippen molar-refractivity contribution in [1.29, 1.82) is 0 Å². The van der Waals surface area contributed by atoms with Gasteiger partial charge in [0, 0.05) is 20.2 Å². The maximum Gasteiger partial charge on any atom is 0.0542 e. The standard InChI is InChI=1S/C38H22S2/c1-2-12-25-23(10-1)11-9-18-26(25)36-29-15-5-3-13-27(29)35(28-14-4-6-16-30(28)36)24-20-21-32-34(22-24)40-37-31-17-7-8-19-33(31)39-38(32)37/h1-22H. The summed E-state index contributed by atoms with van der Waals surface area (Å²) in [5.74, 6) is 0. The van der Waals surface area contributed by atoms with E-state index in [-0.39, 0.29) is 0 Å². The van der Waals surface area contributed by atoms with Crippen LogP contribution in [0, 0.1) is 0 Å². The van der Waals surface area contributed by atoms with Gasteiger partial charge in [0.05, 0.1) is 9.40 Å². The second kappa shape index (κ2) is 8.50. The van der Waals surface area contributed by atoms with Gasteiger partial charge in [0.1, 0.15) is 0 Å². The van der Waals surface area contributed by atoms with Crippen LogP contribution in [0.1, 0.15) is 0 Å². The van der Waals surface area contributed by atoms with Crippen LogP contribution in [-0.2, 0) is 0 Å². The molecule has 0 aliphatic carbocycles.